The molecule has 7 nitrogen and oxygen atoms in total. The van der Waals surface area contributed by atoms with E-state index in [0.29, 0.717) is 0 Å². The Morgan fingerprint density at radius 1 is 1.27 bits per heavy atom. The lowest BCUT2D eigenvalue weighted by atomic mass is 10.3. The number of hydrogen-bond donors (Lipinski definition) is 2. The largest absolute Gasteiger partial charge is 0.323 e. The molecule has 1 aliphatic heterocycles. The third-order valence-corrected chi connectivity index (χ3v) is 8.54. The van der Waals surface area contributed by atoms with Gasteiger partial charge < -0.3 is 10.6 Å². The summed E-state index contributed by atoms with van der Waals surface area (Å²) in [6.45, 7) is 0. The molecular weight excluding hydrogens is 421 g/mol. The lowest BCUT2D eigenvalue weighted by Crippen LogP contribution is -2.41. The Labute approximate surface area is 165 Å². The molecule has 1 saturated carbocycles. The van der Waals surface area contributed by atoms with E-state index in [1.54, 1.807) is 18.2 Å². The topological polar surface area (TPSA) is 95.6 Å². The van der Waals surface area contributed by atoms with Gasteiger partial charge in [0, 0.05) is 18.5 Å². The van der Waals surface area contributed by atoms with Crippen LogP contribution < -0.4 is 10.6 Å². The van der Waals surface area contributed by atoms with E-state index >= 15 is 0 Å². The highest BCUT2D eigenvalue weighted by atomic mass is 35.5. The van der Waals surface area contributed by atoms with E-state index in [2.05, 4.69) is 10.6 Å². The van der Waals surface area contributed by atoms with Crippen LogP contribution in [0.15, 0.2) is 29.3 Å². The van der Waals surface area contributed by atoms with Crippen LogP contribution in [-0.2, 0) is 14.8 Å². The van der Waals surface area contributed by atoms with Gasteiger partial charge in [0.25, 0.3) is 0 Å². The fourth-order valence-electron chi connectivity index (χ4n) is 2.35. The second-order valence-corrected chi connectivity index (χ2v) is 9.98. The predicted octanol–water partition coefficient (Wildman–Crippen LogP) is 3.02. The molecule has 1 aromatic carbocycles. The Bertz CT molecular complexity index is 900. The standard InChI is InChI=1S/C15H15Cl2N3O4S2/c1-20(8-5-6-8)26(23,24)14-13(21)11(7-25-14)19-15(22)18-10-4-2-3-9(16)12(10)17/h2-4,7-8,14H,5-6H2,1H3,(H2,18,19,22). The minimum Gasteiger partial charge on any atom is -0.306 e. The van der Waals surface area contributed by atoms with Gasteiger partial charge in [0.1, 0.15) is 0 Å². The van der Waals surface area contributed by atoms with Gasteiger partial charge in [-0.15, -0.1) is 11.8 Å². The molecule has 1 aromatic rings. The Kier molecular flexibility index (Phi) is 5.55. The number of nitrogens with one attached hydrogen (secondary N) is 2. The highest BCUT2D eigenvalue weighted by Crippen LogP contribution is 2.36. The average molecular weight is 436 g/mol. The molecule has 0 aromatic heterocycles. The van der Waals surface area contributed by atoms with E-state index in [-0.39, 0.29) is 27.5 Å². The molecular formula is C15H15Cl2N3O4S2. The number of carbonyl (C=O) groups is 2. The van der Waals surface area contributed by atoms with Crippen LogP contribution in [0.3, 0.4) is 0 Å². The zero-order valence-corrected chi connectivity index (χ0v) is 16.7. The zero-order chi connectivity index (χ0) is 19.1. The number of urea groups is 1. The van der Waals surface area contributed by atoms with Crippen LogP contribution in [0.25, 0.3) is 0 Å². The van der Waals surface area contributed by atoms with Crippen molar-refractivity contribution in [1.29, 1.82) is 0 Å². The van der Waals surface area contributed by atoms with Gasteiger partial charge in [-0.1, -0.05) is 29.3 Å². The summed E-state index contributed by atoms with van der Waals surface area (Å²) in [6, 6.07) is 3.96. The first-order valence-electron chi connectivity index (χ1n) is 7.60. The molecule has 0 radical (unpaired) electrons. The summed E-state index contributed by atoms with van der Waals surface area (Å²) in [5, 5.41) is 6.61. The van der Waals surface area contributed by atoms with Crippen molar-refractivity contribution in [3.8, 4) is 0 Å². The maximum Gasteiger partial charge on any atom is 0.323 e. The normalized spacial score (nSPS) is 20.2. The zero-order valence-electron chi connectivity index (χ0n) is 13.5. The van der Waals surface area contributed by atoms with Crippen LogP contribution >= 0.6 is 35.0 Å². The van der Waals surface area contributed by atoms with Crippen LogP contribution in [-0.4, -0.2) is 42.2 Å². The van der Waals surface area contributed by atoms with Crippen LogP contribution in [0.2, 0.25) is 10.0 Å². The first-order valence-corrected chi connectivity index (χ1v) is 10.8. The number of thioether (sulfide) groups is 1. The number of hydrogen-bond acceptors (Lipinski definition) is 5. The van der Waals surface area contributed by atoms with E-state index in [1.165, 1.54) is 16.8 Å². The molecule has 1 fully saturated rings. The van der Waals surface area contributed by atoms with Crippen molar-refractivity contribution in [1.82, 2.24) is 9.62 Å². The number of anilines is 1. The molecule has 3 rings (SSSR count). The number of sulfonamides is 1. The molecule has 0 saturated heterocycles. The van der Waals surface area contributed by atoms with Gasteiger partial charge in [-0.05, 0) is 25.0 Å². The summed E-state index contributed by atoms with van der Waals surface area (Å²) in [6.07, 6.45) is 1.59. The summed E-state index contributed by atoms with van der Waals surface area (Å²) in [5.74, 6) is -0.658. The maximum absolute atomic E-state index is 12.5. The Morgan fingerprint density at radius 2 is 1.96 bits per heavy atom. The number of amides is 2. The quantitative estimate of drug-likeness (QED) is 0.740. The van der Waals surface area contributed by atoms with Crippen molar-refractivity contribution in [2.45, 2.75) is 23.5 Å². The predicted molar refractivity (Wildman–Crippen MR) is 103 cm³/mol. The monoisotopic (exact) mass is 435 g/mol. The molecule has 140 valence electrons. The third-order valence-electron chi connectivity index (χ3n) is 3.97. The number of ketones is 1. The van der Waals surface area contributed by atoms with E-state index in [1.807, 2.05) is 0 Å². The van der Waals surface area contributed by atoms with Crippen molar-refractivity contribution in [2.75, 3.05) is 12.4 Å². The third kappa shape index (κ3) is 3.86. The molecule has 1 heterocycles. The van der Waals surface area contributed by atoms with Gasteiger partial charge in [0.05, 0.1) is 21.4 Å². The van der Waals surface area contributed by atoms with Gasteiger partial charge in [-0.3, -0.25) is 4.79 Å². The number of Topliss-reactive ketones (excluding diaryl/α,β-unsaturated/α-hetero) is 1. The lowest BCUT2D eigenvalue weighted by Gasteiger charge is -2.20. The van der Waals surface area contributed by atoms with Gasteiger partial charge in [0.15, 0.2) is 4.58 Å². The smallest absolute Gasteiger partial charge is 0.306 e. The lowest BCUT2D eigenvalue weighted by molar-refractivity contribution is -0.114. The van der Waals surface area contributed by atoms with Gasteiger partial charge in [-0.25, -0.2) is 17.5 Å². The fraction of sp³-hybridized carbons (Fsp3) is 0.333. The number of nitrogens with zero attached hydrogens (tertiary/aromatic N) is 1. The summed E-state index contributed by atoms with van der Waals surface area (Å²) in [7, 11) is -2.31. The number of carbonyl (C=O) groups excluding carboxylic acids is 2. The number of benzene rings is 1. The molecule has 0 spiro atoms. The fourth-order valence-corrected chi connectivity index (χ4v) is 5.84. The first kappa shape index (κ1) is 19.5. The SMILES string of the molecule is CN(C1CC1)S(=O)(=O)C1SC=C(NC(=O)Nc2cccc(Cl)c2Cl)C1=O. The minimum absolute atomic E-state index is 0.0429. The summed E-state index contributed by atoms with van der Waals surface area (Å²) in [5.41, 5.74) is 0.191. The Morgan fingerprint density at radius 3 is 2.62 bits per heavy atom. The second kappa shape index (κ2) is 7.40. The molecule has 2 amide bonds. The molecule has 1 aliphatic carbocycles. The average Bonchev–Trinajstić information content (AvgIpc) is 3.36. The van der Waals surface area contributed by atoms with E-state index in [4.69, 9.17) is 23.2 Å². The molecule has 2 aliphatic rings. The van der Waals surface area contributed by atoms with Crippen LogP contribution in [0.4, 0.5) is 10.5 Å². The van der Waals surface area contributed by atoms with Gasteiger partial charge >= 0.3 is 6.03 Å². The van der Waals surface area contributed by atoms with Gasteiger partial charge in [-0.2, -0.15) is 0 Å². The van der Waals surface area contributed by atoms with E-state index in [0.717, 1.165) is 24.6 Å². The first-order chi connectivity index (χ1) is 12.2. The Hall–Kier alpha value is -1.26. The molecule has 1 atom stereocenters. The highest BCUT2D eigenvalue weighted by Gasteiger charge is 2.45. The summed E-state index contributed by atoms with van der Waals surface area (Å²) < 4.78 is 25.0. The minimum atomic E-state index is -3.78. The number of allylic oxidation sites excluding steroid dienone is 1. The van der Waals surface area contributed by atoms with Crippen molar-refractivity contribution >= 4 is 62.5 Å². The molecule has 1 unspecified atom stereocenters. The second-order valence-electron chi connectivity index (χ2n) is 5.84. The van der Waals surface area contributed by atoms with Crippen molar-refractivity contribution in [3.05, 3.63) is 39.3 Å². The summed E-state index contributed by atoms with van der Waals surface area (Å²) >= 11 is 12.7. The molecule has 0 bridgehead atoms. The van der Waals surface area contributed by atoms with E-state index in [9.17, 15) is 18.0 Å². The number of halogens is 2. The van der Waals surface area contributed by atoms with Crippen molar-refractivity contribution < 1.29 is 18.0 Å². The van der Waals surface area contributed by atoms with Crippen molar-refractivity contribution in [3.63, 3.8) is 0 Å². The van der Waals surface area contributed by atoms with Crippen LogP contribution in [0, 0.1) is 0 Å². The number of rotatable bonds is 5. The Balaban J connectivity index is 1.65. The summed E-state index contributed by atoms with van der Waals surface area (Å²) in [4.78, 5) is 24.5. The molecule has 2 N–H and O–H groups in total. The van der Waals surface area contributed by atoms with Crippen LogP contribution in [0.5, 0.6) is 0 Å². The van der Waals surface area contributed by atoms with Crippen LogP contribution in [0.1, 0.15) is 12.8 Å². The van der Waals surface area contributed by atoms with E-state index < -0.39 is 26.4 Å². The highest BCUT2D eigenvalue weighted by molar-refractivity contribution is 8.16. The van der Waals surface area contributed by atoms with Crippen molar-refractivity contribution in [2.24, 2.45) is 0 Å². The van der Waals surface area contributed by atoms with Gasteiger partial charge in [0.2, 0.25) is 15.8 Å². The maximum atomic E-state index is 12.5. The molecule has 26 heavy (non-hydrogen) atoms. The molecule has 11 heteroatoms.